The molecule has 2 bridgehead atoms. The van der Waals surface area contributed by atoms with Crippen molar-refractivity contribution in [2.45, 2.75) is 119 Å². The van der Waals surface area contributed by atoms with Crippen LogP contribution in [0.15, 0.2) is 41.5 Å². The molecule has 10 atom stereocenters. The van der Waals surface area contributed by atoms with Gasteiger partial charge in [-0.1, -0.05) is 73.8 Å². The standard InChI is InChI=1S/C35H43Cl3O12/c1-17-20(40)14-34(43)27(47-28(41)19-11-9-8-10-12-19)25-32(7,26-24(23(17)30(34,3)4)49-31(5,6)50-26)21(46-29(42)45-16-35(36,37)38)13-22-33(25,15-44-22)48-18(2)39/h8-12,20-22,24-27,40,43H,13-16H2,1-7H3/t20?,21?,22?,24?,25?,26?,27?,32-,33?,34?/m1/s1. The fourth-order valence-electron chi connectivity index (χ4n) is 9.22. The maximum atomic E-state index is 14.1. The van der Waals surface area contributed by atoms with Crippen molar-refractivity contribution in [1.29, 1.82) is 0 Å². The van der Waals surface area contributed by atoms with E-state index in [1.165, 1.54) is 6.92 Å². The van der Waals surface area contributed by atoms with Crippen molar-refractivity contribution in [3.8, 4) is 0 Å². The molecule has 12 nitrogen and oxygen atoms in total. The smallest absolute Gasteiger partial charge is 0.455 e. The lowest BCUT2D eigenvalue weighted by molar-refractivity contribution is -0.362. The van der Waals surface area contributed by atoms with Gasteiger partial charge in [-0.15, -0.1) is 0 Å². The van der Waals surface area contributed by atoms with E-state index in [1.54, 1.807) is 71.9 Å². The number of hydrogen-bond donors (Lipinski definition) is 2. The topological polar surface area (TPSA) is 156 Å². The predicted octanol–water partition coefficient (Wildman–Crippen LogP) is 5.20. The Hall–Kier alpha value is -2.16. The van der Waals surface area contributed by atoms with E-state index in [4.69, 9.17) is 68.0 Å². The van der Waals surface area contributed by atoms with Crippen molar-refractivity contribution >= 4 is 52.9 Å². The summed E-state index contributed by atoms with van der Waals surface area (Å²) in [5.74, 6) is -3.84. The van der Waals surface area contributed by atoms with Crippen molar-refractivity contribution in [3.05, 3.63) is 47.0 Å². The van der Waals surface area contributed by atoms with Crippen LogP contribution in [0, 0.1) is 16.7 Å². The highest BCUT2D eigenvalue weighted by Crippen LogP contribution is 2.67. The van der Waals surface area contributed by atoms with E-state index in [9.17, 15) is 24.6 Å². The van der Waals surface area contributed by atoms with E-state index in [0.29, 0.717) is 11.1 Å². The van der Waals surface area contributed by atoms with E-state index in [2.05, 4.69) is 0 Å². The van der Waals surface area contributed by atoms with E-state index in [1.807, 2.05) is 0 Å². The average molecular weight is 762 g/mol. The Morgan fingerprint density at radius 3 is 2.26 bits per heavy atom. The number of carbonyl (C=O) groups is 3. The second-order valence-corrected chi connectivity index (χ2v) is 17.7. The number of benzene rings is 1. The molecule has 2 aliphatic heterocycles. The normalized spacial score (nSPS) is 39.7. The molecule has 0 radical (unpaired) electrons. The molecule has 0 aromatic heterocycles. The molecule has 0 amide bonds. The quantitative estimate of drug-likeness (QED) is 0.175. The van der Waals surface area contributed by atoms with Gasteiger partial charge in [0.15, 0.2) is 11.4 Å². The number of ether oxygens (including phenoxy) is 7. The third-order valence-electron chi connectivity index (χ3n) is 11.5. The van der Waals surface area contributed by atoms with Gasteiger partial charge in [-0.05, 0) is 44.1 Å². The van der Waals surface area contributed by atoms with Crippen LogP contribution in [-0.4, -0.2) is 98.9 Å². The highest BCUT2D eigenvalue weighted by molar-refractivity contribution is 6.67. The van der Waals surface area contributed by atoms with E-state index < -0.39 is 98.9 Å². The lowest BCUT2D eigenvalue weighted by Crippen LogP contribution is -2.82. The third kappa shape index (κ3) is 5.91. The van der Waals surface area contributed by atoms with Gasteiger partial charge in [0.1, 0.15) is 42.7 Å². The molecule has 50 heavy (non-hydrogen) atoms. The number of halogens is 3. The van der Waals surface area contributed by atoms with Gasteiger partial charge in [-0.3, -0.25) is 4.79 Å². The maximum Gasteiger partial charge on any atom is 0.508 e. The molecule has 4 fully saturated rings. The molecule has 1 aromatic carbocycles. The minimum atomic E-state index is -2.02. The van der Waals surface area contributed by atoms with Gasteiger partial charge in [-0.2, -0.15) is 0 Å². The summed E-state index contributed by atoms with van der Waals surface area (Å²) < 4.78 is 41.4. The van der Waals surface area contributed by atoms with Gasteiger partial charge in [0.2, 0.25) is 3.79 Å². The first-order valence-corrected chi connectivity index (χ1v) is 17.7. The summed E-state index contributed by atoms with van der Waals surface area (Å²) >= 11 is 17.6. The zero-order valence-corrected chi connectivity index (χ0v) is 31.1. The monoisotopic (exact) mass is 760 g/mol. The Balaban J connectivity index is 1.63. The van der Waals surface area contributed by atoms with E-state index in [-0.39, 0.29) is 25.0 Å². The molecule has 1 aromatic rings. The molecule has 2 saturated heterocycles. The van der Waals surface area contributed by atoms with Crippen LogP contribution in [0.2, 0.25) is 0 Å². The molecule has 9 unspecified atom stereocenters. The molecule has 6 rings (SSSR count). The molecule has 2 heterocycles. The summed E-state index contributed by atoms with van der Waals surface area (Å²) in [5.41, 5.74) is -4.96. The highest BCUT2D eigenvalue weighted by Gasteiger charge is 2.80. The second-order valence-electron chi connectivity index (χ2n) is 15.2. The van der Waals surface area contributed by atoms with Crippen LogP contribution in [0.4, 0.5) is 4.79 Å². The number of rotatable bonds is 5. The number of esters is 2. The van der Waals surface area contributed by atoms with E-state index >= 15 is 0 Å². The maximum absolute atomic E-state index is 14.1. The summed E-state index contributed by atoms with van der Waals surface area (Å²) in [5, 5.41) is 24.9. The Bertz CT molecular complexity index is 1580. The first kappa shape index (κ1) is 37.6. The van der Waals surface area contributed by atoms with Crippen LogP contribution >= 0.6 is 34.8 Å². The molecule has 2 saturated carbocycles. The summed E-state index contributed by atoms with van der Waals surface area (Å²) in [7, 11) is 0. The number of carbonyl (C=O) groups excluding carboxylic acids is 3. The van der Waals surface area contributed by atoms with Gasteiger partial charge in [0, 0.05) is 30.6 Å². The molecule has 2 N–H and O–H groups in total. The van der Waals surface area contributed by atoms with Crippen molar-refractivity contribution in [3.63, 3.8) is 0 Å². The highest BCUT2D eigenvalue weighted by atomic mass is 35.6. The molecule has 3 aliphatic carbocycles. The Labute approximate surface area is 305 Å². The Kier molecular flexibility index (Phi) is 9.38. The Morgan fingerprint density at radius 2 is 1.68 bits per heavy atom. The van der Waals surface area contributed by atoms with Gasteiger partial charge >= 0.3 is 18.1 Å². The van der Waals surface area contributed by atoms with Crippen molar-refractivity contribution < 1.29 is 57.8 Å². The number of alkyl halides is 3. The summed E-state index contributed by atoms with van der Waals surface area (Å²) in [4.78, 5) is 40.4. The Morgan fingerprint density at radius 1 is 1.02 bits per heavy atom. The van der Waals surface area contributed by atoms with Crippen molar-refractivity contribution in [2.24, 2.45) is 16.7 Å². The van der Waals surface area contributed by atoms with Crippen molar-refractivity contribution in [1.82, 2.24) is 0 Å². The van der Waals surface area contributed by atoms with Crippen LogP contribution in [0.3, 0.4) is 0 Å². The van der Waals surface area contributed by atoms with Crippen LogP contribution in [0.1, 0.15) is 71.7 Å². The number of aliphatic hydroxyl groups is 2. The lowest BCUT2D eigenvalue weighted by Gasteiger charge is -2.69. The van der Waals surface area contributed by atoms with Crippen LogP contribution < -0.4 is 0 Å². The molecular weight excluding hydrogens is 719 g/mol. The van der Waals surface area contributed by atoms with E-state index in [0.717, 1.165) is 0 Å². The van der Waals surface area contributed by atoms with Crippen molar-refractivity contribution in [2.75, 3.05) is 13.2 Å². The largest absolute Gasteiger partial charge is 0.508 e. The number of aliphatic hydroxyl groups excluding tert-OH is 1. The van der Waals surface area contributed by atoms with Gasteiger partial charge in [0.25, 0.3) is 0 Å². The van der Waals surface area contributed by atoms with Crippen LogP contribution in [0.5, 0.6) is 0 Å². The fourth-order valence-corrected chi connectivity index (χ4v) is 9.38. The molecule has 276 valence electrons. The minimum Gasteiger partial charge on any atom is -0.455 e. The molecule has 0 spiro atoms. The molecule has 15 heteroatoms. The zero-order valence-electron chi connectivity index (χ0n) is 28.9. The van der Waals surface area contributed by atoms with Gasteiger partial charge in [-0.25, -0.2) is 9.59 Å². The van der Waals surface area contributed by atoms with Gasteiger partial charge in [0.05, 0.1) is 24.2 Å². The predicted molar refractivity (Wildman–Crippen MR) is 178 cm³/mol. The van der Waals surface area contributed by atoms with Gasteiger partial charge < -0.3 is 43.4 Å². The number of fused-ring (bicyclic) bond motifs is 8. The summed E-state index contributed by atoms with van der Waals surface area (Å²) in [6.45, 7) is 11.1. The summed E-state index contributed by atoms with van der Waals surface area (Å²) in [6, 6.07) is 8.23. The van der Waals surface area contributed by atoms with Crippen LogP contribution in [-0.2, 0) is 38.0 Å². The first-order chi connectivity index (χ1) is 23.1. The minimum absolute atomic E-state index is 0.0159. The average Bonchev–Trinajstić information content (AvgIpc) is 3.33. The van der Waals surface area contributed by atoms with Crippen LogP contribution in [0.25, 0.3) is 0 Å². The fraction of sp³-hybridized carbons (Fsp3) is 0.686. The SMILES string of the molecule is CC(=O)OC12COC1CC(OC(=O)OCC(Cl)(Cl)Cl)[C@@]1(C)C3OC(C)(C)OC3C3=C(C)C(O)CC(O)(C(OC(=O)c4ccccc4)C21)C3(C)C. The third-order valence-corrected chi connectivity index (χ3v) is 11.8. The second kappa shape index (κ2) is 12.5. The number of hydrogen-bond acceptors (Lipinski definition) is 12. The first-order valence-electron chi connectivity index (χ1n) is 16.5. The molecule has 5 aliphatic rings. The molecular formula is C35H43Cl3O12. The zero-order chi connectivity index (χ0) is 36.8. The lowest BCUT2D eigenvalue weighted by atomic mass is 9.44. The summed E-state index contributed by atoms with van der Waals surface area (Å²) in [6.07, 6.45) is -8.09.